The van der Waals surface area contributed by atoms with E-state index in [0.29, 0.717) is 18.1 Å². The first-order valence-electron chi connectivity index (χ1n) is 9.91. The molecule has 1 saturated heterocycles. The van der Waals surface area contributed by atoms with E-state index in [9.17, 15) is 4.79 Å². The van der Waals surface area contributed by atoms with Crippen LogP contribution in [0.5, 0.6) is 0 Å². The Labute approximate surface area is 154 Å². The Morgan fingerprint density at radius 2 is 2.08 bits per heavy atom. The van der Waals surface area contributed by atoms with E-state index in [2.05, 4.69) is 10.1 Å². The van der Waals surface area contributed by atoms with Crippen LogP contribution in [0.4, 0.5) is 0 Å². The van der Waals surface area contributed by atoms with Gasteiger partial charge in [0.1, 0.15) is 6.04 Å². The predicted molar refractivity (Wildman–Crippen MR) is 99.4 cm³/mol. The van der Waals surface area contributed by atoms with E-state index in [1.54, 1.807) is 0 Å². The first-order chi connectivity index (χ1) is 12.7. The molecule has 138 valence electrons. The fourth-order valence-corrected chi connectivity index (χ4v) is 4.36. The molecule has 1 aromatic heterocycles. The average Bonchev–Trinajstić information content (AvgIpc) is 3.40. The molecule has 1 aliphatic carbocycles. The molecule has 26 heavy (non-hydrogen) atoms. The Morgan fingerprint density at radius 3 is 2.88 bits per heavy atom. The molecular weight excluding hydrogens is 326 g/mol. The number of hydrogen-bond donors (Lipinski definition) is 0. The minimum Gasteiger partial charge on any atom is -0.337 e. The van der Waals surface area contributed by atoms with E-state index in [-0.39, 0.29) is 11.9 Å². The van der Waals surface area contributed by atoms with Crippen LogP contribution in [0.15, 0.2) is 28.8 Å². The number of carbonyl (C=O) groups is 1. The number of amides is 1. The van der Waals surface area contributed by atoms with Crippen LogP contribution in [0.25, 0.3) is 11.4 Å². The van der Waals surface area contributed by atoms with Gasteiger partial charge in [-0.1, -0.05) is 54.6 Å². The molecule has 0 N–H and O–H groups in total. The molecule has 0 spiro atoms. The van der Waals surface area contributed by atoms with Crippen LogP contribution < -0.4 is 0 Å². The number of aromatic nitrogens is 2. The van der Waals surface area contributed by atoms with Crippen molar-refractivity contribution in [3.63, 3.8) is 0 Å². The van der Waals surface area contributed by atoms with Gasteiger partial charge in [-0.25, -0.2) is 0 Å². The molecule has 1 saturated carbocycles. The van der Waals surface area contributed by atoms with Crippen molar-refractivity contribution < 1.29 is 9.32 Å². The van der Waals surface area contributed by atoms with Gasteiger partial charge in [0.2, 0.25) is 17.6 Å². The standard InChI is InChI=1S/C21H27N3O2/c1-15-6-4-9-17(14-15)20-22-21(26-23-20)18-10-5-13-24(18)19(25)12-11-16-7-2-3-8-16/h4,6,9,14,16,18H,2-3,5,7-8,10-13H2,1H3/t18-/m1/s1. The van der Waals surface area contributed by atoms with Crippen molar-refractivity contribution in [1.82, 2.24) is 15.0 Å². The number of likely N-dealkylation sites (tertiary alicyclic amines) is 1. The molecule has 2 fully saturated rings. The quantitative estimate of drug-likeness (QED) is 0.783. The minimum atomic E-state index is -0.0582. The SMILES string of the molecule is Cc1cccc(-c2noc([C@H]3CCCN3C(=O)CCC3CCCC3)n2)c1. The average molecular weight is 353 g/mol. The molecule has 5 nitrogen and oxygen atoms in total. The summed E-state index contributed by atoms with van der Waals surface area (Å²) < 4.78 is 5.55. The summed E-state index contributed by atoms with van der Waals surface area (Å²) in [5.41, 5.74) is 2.12. The second-order valence-corrected chi connectivity index (χ2v) is 7.76. The van der Waals surface area contributed by atoms with Crippen LogP contribution in [0.3, 0.4) is 0 Å². The summed E-state index contributed by atoms with van der Waals surface area (Å²) in [7, 11) is 0. The lowest BCUT2D eigenvalue weighted by molar-refractivity contribution is -0.132. The van der Waals surface area contributed by atoms with Gasteiger partial charge >= 0.3 is 0 Å². The van der Waals surface area contributed by atoms with E-state index in [0.717, 1.165) is 37.3 Å². The molecule has 0 bridgehead atoms. The molecule has 4 rings (SSSR count). The molecule has 2 aliphatic rings. The Kier molecular flexibility index (Phi) is 5.05. The summed E-state index contributed by atoms with van der Waals surface area (Å²) >= 11 is 0. The van der Waals surface area contributed by atoms with E-state index in [1.165, 1.54) is 31.2 Å². The molecule has 1 aromatic carbocycles. The summed E-state index contributed by atoms with van der Waals surface area (Å²) in [6.45, 7) is 2.85. The van der Waals surface area contributed by atoms with Gasteiger partial charge in [0.15, 0.2) is 0 Å². The van der Waals surface area contributed by atoms with Crippen LogP contribution in [-0.4, -0.2) is 27.5 Å². The second kappa shape index (κ2) is 7.60. The summed E-state index contributed by atoms with van der Waals surface area (Å²) in [6.07, 6.45) is 8.83. The molecule has 2 aromatic rings. The highest BCUT2D eigenvalue weighted by atomic mass is 16.5. The lowest BCUT2D eigenvalue weighted by atomic mass is 10.0. The van der Waals surface area contributed by atoms with Gasteiger partial charge in [-0.2, -0.15) is 4.98 Å². The number of benzene rings is 1. The van der Waals surface area contributed by atoms with Crippen molar-refractivity contribution in [2.45, 2.75) is 64.3 Å². The maximum atomic E-state index is 12.7. The zero-order valence-corrected chi connectivity index (χ0v) is 15.5. The third-order valence-electron chi connectivity index (χ3n) is 5.82. The maximum absolute atomic E-state index is 12.7. The summed E-state index contributed by atoms with van der Waals surface area (Å²) in [6, 6.07) is 8.02. The molecule has 5 heteroatoms. The van der Waals surface area contributed by atoms with Gasteiger partial charge in [-0.05, 0) is 38.2 Å². The van der Waals surface area contributed by atoms with Crippen LogP contribution in [0.2, 0.25) is 0 Å². The summed E-state index contributed by atoms with van der Waals surface area (Å²) in [5, 5.41) is 4.15. The third-order valence-corrected chi connectivity index (χ3v) is 5.82. The number of carbonyl (C=O) groups excluding carboxylic acids is 1. The van der Waals surface area contributed by atoms with Gasteiger partial charge < -0.3 is 9.42 Å². The van der Waals surface area contributed by atoms with E-state index >= 15 is 0 Å². The molecule has 1 amide bonds. The topological polar surface area (TPSA) is 59.2 Å². The highest BCUT2D eigenvalue weighted by Crippen LogP contribution is 2.34. The summed E-state index contributed by atoms with van der Waals surface area (Å²) in [4.78, 5) is 19.3. The number of nitrogens with zero attached hydrogens (tertiary/aromatic N) is 3. The Morgan fingerprint density at radius 1 is 1.23 bits per heavy atom. The Balaban J connectivity index is 1.43. The normalized spacial score (nSPS) is 20.8. The fourth-order valence-electron chi connectivity index (χ4n) is 4.36. The molecule has 2 heterocycles. The summed E-state index contributed by atoms with van der Waals surface area (Å²) in [5.74, 6) is 2.17. The van der Waals surface area contributed by atoms with E-state index in [1.807, 2.05) is 36.1 Å². The molecule has 0 radical (unpaired) electrons. The number of aryl methyl sites for hydroxylation is 1. The number of hydrogen-bond acceptors (Lipinski definition) is 4. The minimum absolute atomic E-state index is 0.0582. The van der Waals surface area contributed by atoms with Gasteiger partial charge in [0.05, 0.1) is 0 Å². The molecule has 1 atom stereocenters. The predicted octanol–water partition coefficient (Wildman–Crippen LogP) is 4.68. The molecule has 1 aliphatic heterocycles. The van der Waals surface area contributed by atoms with Crippen molar-refractivity contribution >= 4 is 5.91 Å². The van der Waals surface area contributed by atoms with Crippen LogP contribution >= 0.6 is 0 Å². The second-order valence-electron chi connectivity index (χ2n) is 7.76. The smallest absolute Gasteiger partial charge is 0.249 e. The highest BCUT2D eigenvalue weighted by molar-refractivity contribution is 5.77. The molecular formula is C21H27N3O2. The van der Waals surface area contributed by atoms with Crippen molar-refractivity contribution in [2.24, 2.45) is 5.92 Å². The van der Waals surface area contributed by atoms with Crippen molar-refractivity contribution in [3.05, 3.63) is 35.7 Å². The maximum Gasteiger partial charge on any atom is 0.249 e. The Hall–Kier alpha value is -2.17. The zero-order valence-electron chi connectivity index (χ0n) is 15.5. The van der Waals surface area contributed by atoms with E-state index in [4.69, 9.17) is 4.52 Å². The van der Waals surface area contributed by atoms with Gasteiger partial charge in [-0.15, -0.1) is 0 Å². The van der Waals surface area contributed by atoms with Crippen LogP contribution in [0.1, 0.15) is 68.9 Å². The number of rotatable bonds is 5. The third kappa shape index (κ3) is 3.67. The van der Waals surface area contributed by atoms with Crippen molar-refractivity contribution in [1.29, 1.82) is 0 Å². The highest BCUT2D eigenvalue weighted by Gasteiger charge is 2.34. The van der Waals surface area contributed by atoms with Crippen LogP contribution in [0, 0.1) is 12.8 Å². The van der Waals surface area contributed by atoms with Crippen LogP contribution in [-0.2, 0) is 4.79 Å². The fraction of sp³-hybridized carbons (Fsp3) is 0.571. The van der Waals surface area contributed by atoms with E-state index < -0.39 is 0 Å². The molecule has 0 unspecified atom stereocenters. The van der Waals surface area contributed by atoms with Crippen molar-refractivity contribution in [2.75, 3.05) is 6.54 Å². The van der Waals surface area contributed by atoms with Crippen molar-refractivity contribution in [3.8, 4) is 11.4 Å². The zero-order chi connectivity index (χ0) is 17.9. The lowest BCUT2D eigenvalue weighted by Crippen LogP contribution is -2.30. The Bertz CT molecular complexity index is 764. The first kappa shape index (κ1) is 17.3. The monoisotopic (exact) mass is 353 g/mol. The van der Waals surface area contributed by atoms with Gasteiger partial charge in [-0.3, -0.25) is 4.79 Å². The van der Waals surface area contributed by atoms with Gasteiger partial charge in [0.25, 0.3) is 0 Å². The lowest BCUT2D eigenvalue weighted by Gasteiger charge is -2.22. The van der Waals surface area contributed by atoms with Gasteiger partial charge in [0, 0.05) is 18.5 Å². The first-order valence-corrected chi connectivity index (χ1v) is 9.91. The largest absolute Gasteiger partial charge is 0.337 e.